The first kappa shape index (κ1) is 14.6. The number of allylic oxidation sites excluding steroid dienone is 1. The van der Waals surface area contributed by atoms with E-state index in [1.165, 1.54) is 32.2 Å². The third kappa shape index (κ3) is 3.74. The van der Waals surface area contributed by atoms with Gasteiger partial charge in [-0.2, -0.15) is 10.5 Å². The molecule has 0 aromatic heterocycles. The molecule has 0 amide bonds. The van der Waals surface area contributed by atoms with E-state index < -0.39 is 5.97 Å². The van der Waals surface area contributed by atoms with Crippen molar-refractivity contribution in [3.05, 3.63) is 28.3 Å². The van der Waals surface area contributed by atoms with E-state index in [9.17, 15) is 4.79 Å². The van der Waals surface area contributed by atoms with E-state index in [4.69, 9.17) is 31.6 Å². The van der Waals surface area contributed by atoms with Gasteiger partial charge >= 0.3 is 5.97 Å². The highest BCUT2D eigenvalue weighted by atomic mass is 35.5. The monoisotopic (exact) mass is 276 g/mol. The van der Waals surface area contributed by atoms with E-state index in [1.54, 1.807) is 12.1 Å². The van der Waals surface area contributed by atoms with Gasteiger partial charge in [0.25, 0.3) is 0 Å². The predicted molar refractivity (Wildman–Crippen MR) is 68.5 cm³/mol. The topological polar surface area (TPSA) is 83.1 Å². The van der Waals surface area contributed by atoms with E-state index in [-0.39, 0.29) is 22.1 Å². The van der Waals surface area contributed by atoms with Crippen molar-refractivity contribution in [2.75, 3.05) is 7.11 Å². The second-order valence-electron chi connectivity index (χ2n) is 3.41. The van der Waals surface area contributed by atoms with Crippen molar-refractivity contribution in [1.82, 2.24) is 0 Å². The lowest BCUT2D eigenvalue weighted by molar-refractivity contribution is -0.132. The lowest BCUT2D eigenvalue weighted by Crippen LogP contribution is -2.03. The summed E-state index contributed by atoms with van der Waals surface area (Å²) in [5, 5.41) is 17.5. The highest BCUT2D eigenvalue weighted by molar-refractivity contribution is 6.32. The van der Waals surface area contributed by atoms with Crippen molar-refractivity contribution in [2.45, 2.75) is 6.92 Å². The van der Waals surface area contributed by atoms with Crippen molar-refractivity contribution in [3.8, 4) is 23.6 Å². The fourth-order valence-electron chi connectivity index (χ4n) is 1.32. The molecule has 1 rings (SSSR count). The lowest BCUT2D eigenvalue weighted by atomic mass is 10.1. The molecule has 0 aliphatic rings. The molecule has 0 saturated heterocycles. The van der Waals surface area contributed by atoms with E-state index in [0.29, 0.717) is 5.56 Å². The summed E-state index contributed by atoms with van der Waals surface area (Å²) in [6, 6.07) is 6.45. The van der Waals surface area contributed by atoms with Gasteiger partial charge in [-0.1, -0.05) is 11.6 Å². The molecule has 0 bridgehead atoms. The lowest BCUT2D eigenvalue weighted by Gasteiger charge is -2.10. The van der Waals surface area contributed by atoms with Gasteiger partial charge in [0.1, 0.15) is 17.7 Å². The molecule has 6 heteroatoms. The van der Waals surface area contributed by atoms with Crippen LogP contribution >= 0.6 is 11.6 Å². The highest BCUT2D eigenvalue weighted by Crippen LogP contribution is 2.37. The first-order chi connectivity index (χ1) is 9.01. The molecular formula is C13H9ClN2O3. The maximum Gasteiger partial charge on any atom is 0.308 e. The zero-order chi connectivity index (χ0) is 14.4. The number of nitriles is 2. The Bertz CT molecular complexity index is 608. The molecule has 0 radical (unpaired) electrons. The Morgan fingerprint density at radius 3 is 2.47 bits per heavy atom. The van der Waals surface area contributed by atoms with E-state index >= 15 is 0 Å². The molecule has 96 valence electrons. The average Bonchev–Trinajstić information content (AvgIpc) is 2.38. The van der Waals surface area contributed by atoms with Crippen molar-refractivity contribution in [1.29, 1.82) is 10.5 Å². The van der Waals surface area contributed by atoms with Crippen LogP contribution in [0.25, 0.3) is 6.08 Å². The van der Waals surface area contributed by atoms with Crippen LogP contribution in [0.15, 0.2) is 17.7 Å². The van der Waals surface area contributed by atoms with Crippen LogP contribution in [0.5, 0.6) is 11.5 Å². The second kappa shape index (κ2) is 6.44. The summed E-state index contributed by atoms with van der Waals surface area (Å²) in [5.74, 6) is -0.188. The van der Waals surface area contributed by atoms with Crippen molar-refractivity contribution < 1.29 is 14.3 Å². The number of methoxy groups -OCH3 is 1. The van der Waals surface area contributed by atoms with Crippen molar-refractivity contribution in [3.63, 3.8) is 0 Å². The molecule has 0 heterocycles. The quantitative estimate of drug-likeness (QED) is 0.481. The molecule has 0 spiro atoms. The fraction of sp³-hybridized carbons (Fsp3) is 0.154. The molecule has 0 aliphatic heterocycles. The minimum atomic E-state index is -0.529. The molecule has 0 aliphatic carbocycles. The molecule has 0 fully saturated rings. The maximum atomic E-state index is 11.0. The Labute approximate surface area is 115 Å². The summed E-state index contributed by atoms with van der Waals surface area (Å²) in [4.78, 5) is 11.0. The van der Waals surface area contributed by atoms with E-state index in [1.807, 2.05) is 0 Å². The summed E-state index contributed by atoms with van der Waals surface area (Å²) in [6.45, 7) is 1.24. The molecule has 1 aromatic carbocycles. The number of rotatable bonds is 3. The van der Waals surface area contributed by atoms with Crippen LogP contribution in [0.3, 0.4) is 0 Å². The number of ether oxygens (including phenoxy) is 2. The number of hydrogen-bond acceptors (Lipinski definition) is 5. The number of halogens is 1. The molecule has 0 atom stereocenters. The second-order valence-corrected chi connectivity index (χ2v) is 3.82. The molecular weight excluding hydrogens is 268 g/mol. The van der Waals surface area contributed by atoms with Crippen LogP contribution in [-0.2, 0) is 4.79 Å². The van der Waals surface area contributed by atoms with Gasteiger partial charge in [-0.15, -0.1) is 0 Å². The maximum absolute atomic E-state index is 11.0. The standard InChI is InChI=1S/C13H9ClN2O3/c1-8(17)19-13-11(14)4-9(5-12(13)18-2)3-10(6-15)7-16/h3-5H,1-2H3. The van der Waals surface area contributed by atoms with Gasteiger partial charge in [0.15, 0.2) is 11.5 Å². The molecule has 0 saturated carbocycles. The Hall–Kier alpha value is -2.50. The third-order valence-electron chi connectivity index (χ3n) is 2.05. The van der Waals surface area contributed by atoms with Crippen molar-refractivity contribution in [2.24, 2.45) is 0 Å². The van der Waals surface area contributed by atoms with Gasteiger partial charge in [0.2, 0.25) is 0 Å². The van der Waals surface area contributed by atoms with Crippen LogP contribution in [0.1, 0.15) is 12.5 Å². The summed E-state index contributed by atoms with van der Waals surface area (Å²) in [5.41, 5.74) is 0.425. The number of benzene rings is 1. The smallest absolute Gasteiger partial charge is 0.308 e. The third-order valence-corrected chi connectivity index (χ3v) is 2.33. The minimum Gasteiger partial charge on any atom is -0.493 e. The molecule has 19 heavy (non-hydrogen) atoms. The van der Waals surface area contributed by atoms with E-state index in [2.05, 4.69) is 0 Å². The van der Waals surface area contributed by atoms with Crippen LogP contribution in [0, 0.1) is 22.7 Å². The largest absolute Gasteiger partial charge is 0.493 e. The van der Waals surface area contributed by atoms with Crippen molar-refractivity contribution >= 4 is 23.6 Å². The summed E-state index contributed by atoms with van der Waals surface area (Å²) >= 11 is 5.97. The molecule has 0 unspecified atom stereocenters. The molecule has 1 aromatic rings. The number of carbonyl (C=O) groups excluding carboxylic acids is 1. The summed E-state index contributed by atoms with van der Waals surface area (Å²) in [7, 11) is 1.39. The zero-order valence-electron chi connectivity index (χ0n) is 10.2. The minimum absolute atomic E-state index is 0.0710. The van der Waals surface area contributed by atoms with Crippen LogP contribution in [0.2, 0.25) is 5.02 Å². The van der Waals surface area contributed by atoms with Gasteiger partial charge in [-0.3, -0.25) is 4.79 Å². The van der Waals surface area contributed by atoms with E-state index in [0.717, 1.165) is 0 Å². The predicted octanol–water partition coefficient (Wildman–Crippen LogP) is 2.70. The van der Waals surface area contributed by atoms with Crippen LogP contribution in [0.4, 0.5) is 0 Å². The Balaban J connectivity index is 3.32. The van der Waals surface area contributed by atoms with Gasteiger partial charge in [-0.25, -0.2) is 0 Å². The first-order valence-electron chi connectivity index (χ1n) is 5.09. The summed E-state index contributed by atoms with van der Waals surface area (Å²) in [6.07, 6.45) is 1.35. The first-order valence-corrected chi connectivity index (χ1v) is 5.47. The number of nitrogens with zero attached hydrogens (tertiary/aromatic N) is 2. The summed E-state index contributed by atoms with van der Waals surface area (Å²) < 4.78 is 9.99. The van der Waals surface area contributed by atoms with Gasteiger partial charge < -0.3 is 9.47 Å². The van der Waals surface area contributed by atoms with Gasteiger partial charge in [0, 0.05) is 6.92 Å². The fourth-order valence-corrected chi connectivity index (χ4v) is 1.58. The number of esters is 1. The normalized spacial score (nSPS) is 8.89. The van der Waals surface area contributed by atoms with Crippen LogP contribution < -0.4 is 9.47 Å². The number of carbonyl (C=O) groups is 1. The Kier molecular flexibility index (Phi) is 4.93. The Morgan fingerprint density at radius 1 is 1.37 bits per heavy atom. The average molecular weight is 277 g/mol. The SMILES string of the molecule is COc1cc(C=C(C#N)C#N)cc(Cl)c1OC(C)=O. The zero-order valence-corrected chi connectivity index (χ0v) is 11.0. The highest BCUT2D eigenvalue weighted by Gasteiger charge is 2.13. The number of hydrogen-bond donors (Lipinski definition) is 0. The van der Waals surface area contributed by atoms with Gasteiger partial charge in [-0.05, 0) is 23.8 Å². The molecule has 0 N–H and O–H groups in total. The van der Waals surface area contributed by atoms with Gasteiger partial charge in [0.05, 0.1) is 12.1 Å². The van der Waals surface area contributed by atoms with Crippen LogP contribution in [-0.4, -0.2) is 13.1 Å². The molecule has 5 nitrogen and oxygen atoms in total. The Morgan fingerprint density at radius 2 is 2.00 bits per heavy atom.